The number of aromatic nitrogens is 4. The molecule has 292 valence electrons. The average Bonchev–Trinajstić information content (AvgIpc) is 4.17. The second-order valence-corrected chi connectivity index (χ2v) is 19.5. The topological polar surface area (TPSA) is 69.9 Å². The minimum Gasteiger partial charge on any atom is -0.457 e. The van der Waals surface area contributed by atoms with Gasteiger partial charge < -0.3 is 9.15 Å². The van der Waals surface area contributed by atoms with Gasteiger partial charge >= 0.3 is 0 Å². The summed E-state index contributed by atoms with van der Waals surface area (Å²) in [6, 6.07) is 61.5. The number of benzene rings is 7. The summed E-state index contributed by atoms with van der Waals surface area (Å²) in [7, 11) is -3.41. The maximum absolute atomic E-state index is 10.3. The van der Waals surface area contributed by atoms with Gasteiger partial charge in [0.25, 0.3) is 0 Å². The summed E-state index contributed by atoms with van der Waals surface area (Å²) >= 11 is 0. The smallest absolute Gasteiger partial charge is 0.220 e. The van der Waals surface area contributed by atoms with Crippen molar-refractivity contribution in [3.8, 4) is 17.2 Å². The summed E-state index contributed by atoms with van der Waals surface area (Å²) in [5.74, 6) is 2.07. The molecule has 7 aromatic carbocycles. The van der Waals surface area contributed by atoms with Crippen molar-refractivity contribution in [2.45, 2.75) is 24.6 Å². The van der Waals surface area contributed by atoms with Gasteiger partial charge in [-0.25, -0.2) is 9.97 Å². The molecule has 2 aliphatic rings. The van der Waals surface area contributed by atoms with Crippen LogP contribution in [-0.2, 0) is 11.8 Å². The molecule has 0 N–H and O–H groups in total. The second kappa shape index (κ2) is 14.0. The van der Waals surface area contributed by atoms with Crippen molar-refractivity contribution in [2.75, 3.05) is 0 Å². The zero-order chi connectivity index (χ0) is 42.2. The lowest BCUT2D eigenvalue weighted by atomic mass is 9.66. The van der Waals surface area contributed by atoms with Crippen LogP contribution in [0.5, 0.6) is 11.5 Å². The Morgan fingerprint density at radius 2 is 1.36 bits per heavy atom. The fraction of sp³-hybridized carbons (Fsp3) is 0.0755. The quantitative estimate of drug-likeness (QED) is 0.108. The summed E-state index contributed by atoms with van der Waals surface area (Å²) in [5.41, 5.74) is 6.25. The SMILES string of the molecule is [2H]C([2H])(c1cocn1)C1(CC2=CCC=N2)c2ccccc2Oc2c1cccc2[Si](c1ccccc1)(c1ccccc1)c1cccc(-n2c3ccccc3n3c4ccccc4nc23)c1. The highest BCUT2D eigenvalue weighted by Crippen LogP contribution is 2.53. The van der Waals surface area contributed by atoms with Crippen LogP contribution >= 0.6 is 0 Å². The predicted octanol–water partition coefficient (Wildman–Crippen LogP) is 9.18. The van der Waals surface area contributed by atoms with Crippen LogP contribution < -0.4 is 25.5 Å². The third kappa shape index (κ3) is 5.38. The molecule has 0 saturated heterocycles. The number of hydrogen-bond donors (Lipinski definition) is 0. The van der Waals surface area contributed by atoms with E-state index < -0.39 is 19.9 Å². The number of hydrogen-bond acceptors (Lipinski definition) is 5. The molecular formula is C53H39N5O2Si. The lowest BCUT2D eigenvalue weighted by molar-refractivity contribution is 0.385. The van der Waals surface area contributed by atoms with Crippen molar-refractivity contribution >= 4 is 62.9 Å². The Balaban J connectivity index is 1.19. The number of ether oxygens (including phenoxy) is 1. The minimum absolute atomic E-state index is 0.206. The summed E-state index contributed by atoms with van der Waals surface area (Å²) in [6.45, 7) is 0. The molecule has 1 unspecified atom stereocenters. The molecule has 61 heavy (non-hydrogen) atoms. The zero-order valence-corrected chi connectivity index (χ0v) is 34.0. The highest BCUT2D eigenvalue weighted by Gasteiger charge is 2.49. The predicted molar refractivity (Wildman–Crippen MR) is 246 cm³/mol. The van der Waals surface area contributed by atoms with E-state index in [-0.39, 0.29) is 12.1 Å². The number of fused-ring (bicyclic) bond motifs is 7. The van der Waals surface area contributed by atoms with Gasteiger partial charge in [-0.15, -0.1) is 0 Å². The number of imidazole rings is 2. The van der Waals surface area contributed by atoms with Crippen LogP contribution in [0.3, 0.4) is 0 Å². The number of aliphatic imine (C=N–C) groups is 1. The fourth-order valence-corrected chi connectivity index (χ4v) is 14.8. The van der Waals surface area contributed by atoms with E-state index in [0.717, 1.165) is 71.1 Å². The van der Waals surface area contributed by atoms with Crippen molar-refractivity contribution in [1.29, 1.82) is 0 Å². The molecule has 12 rings (SSSR count). The van der Waals surface area contributed by atoms with E-state index in [4.69, 9.17) is 19.1 Å². The van der Waals surface area contributed by atoms with E-state index in [1.54, 1.807) is 0 Å². The van der Waals surface area contributed by atoms with Crippen LogP contribution in [0.2, 0.25) is 0 Å². The van der Waals surface area contributed by atoms with Crippen LogP contribution in [-0.4, -0.2) is 33.2 Å². The van der Waals surface area contributed by atoms with Gasteiger partial charge in [-0.3, -0.25) is 14.0 Å². The molecule has 5 heterocycles. The fourth-order valence-electron chi connectivity index (χ4n) is 9.93. The van der Waals surface area contributed by atoms with Crippen LogP contribution in [0.25, 0.3) is 33.5 Å². The van der Waals surface area contributed by atoms with Gasteiger partial charge in [0, 0.05) is 56.1 Å². The molecule has 0 bridgehead atoms. The lowest BCUT2D eigenvalue weighted by Gasteiger charge is -2.43. The first-order valence-electron chi connectivity index (χ1n) is 21.6. The van der Waals surface area contributed by atoms with Gasteiger partial charge in [-0.05, 0) is 63.2 Å². The Morgan fingerprint density at radius 1 is 0.672 bits per heavy atom. The van der Waals surface area contributed by atoms with Crippen molar-refractivity contribution in [3.05, 3.63) is 217 Å². The van der Waals surface area contributed by atoms with Gasteiger partial charge in [0.05, 0.1) is 27.8 Å². The summed E-state index contributed by atoms with van der Waals surface area (Å²) in [6.07, 6.45) is 5.60. The molecule has 0 aliphatic carbocycles. The molecule has 8 heteroatoms. The Labute approximate surface area is 356 Å². The highest BCUT2D eigenvalue weighted by molar-refractivity contribution is 7.20. The average molecular weight is 808 g/mol. The number of nitrogens with zero attached hydrogens (tertiary/aromatic N) is 5. The van der Waals surface area contributed by atoms with E-state index in [1.807, 2.05) is 42.6 Å². The molecule has 10 aromatic rings. The van der Waals surface area contributed by atoms with E-state index in [0.29, 0.717) is 17.9 Å². The normalized spacial score (nSPS) is 16.6. The van der Waals surface area contributed by atoms with Gasteiger partial charge in [0.2, 0.25) is 5.78 Å². The van der Waals surface area contributed by atoms with Crippen LogP contribution in [0.4, 0.5) is 0 Å². The molecule has 0 radical (unpaired) electrons. The van der Waals surface area contributed by atoms with Gasteiger partial charge in [-0.1, -0.05) is 140 Å². The monoisotopic (exact) mass is 807 g/mol. The van der Waals surface area contributed by atoms with Gasteiger partial charge in [0.1, 0.15) is 17.8 Å². The third-order valence-electron chi connectivity index (χ3n) is 12.4. The Bertz CT molecular complexity index is 3390. The standard InChI is InChI=1S/C53H39N5O2Si/c1-3-18-40(19-4-1)61(41-20-5-2-6-21-41,42-22-13-17-39(32-42)57-47-27-10-11-28-48(47)58-46-26-9-8-25-45(46)56-52(57)58)50-30-14-24-44-51(50)60-49-29-12-7-23-43(49)53(44,33-37-16-15-31-54-37)34-38-35-59-36-55-38/h1-14,16-32,35-36H,15,33-34H2/i34D2. The van der Waals surface area contributed by atoms with Gasteiger partial charge in [-0.2, -0.15) is 0 Å². The molecule has 0 fully saturated rings. The van der Waals surface area contributed by atoms with E-state index in [9.17, 15) is 2.74 Å². The van der Waals surface area contributed by atoms with Gasteiger partial charge in [0.15, 0.2) is 14.5 Å². The first kappa shape index (κ1) is 33.3. The highest BCUT2D eigenvalue weighted by atomic mass is 28.3. The third-order valence-corrected chi connectivity index (χ3v) is 17.2. The zero-order valence-electron chi connectivity index (χ0n) is 35.0. The summed E-state index contributed by atoms with van der Waals surface area (Å²) in [4.78, 5) is 14.5. The molecule has 0 saturated carbocycles. The van der Waals surface area contributed by atoms with Crippen LogP contribution in [0.1, 0.15) is 32.4 Å². The molecule has 1 atom stereocenters. The van der Waals surface area contributed by atoms with Crippen molar-refractivity contribution in [2.24, 2.45) is 4.99 Å². The summed E-state index contributed by atoms with van der Waals surface area (Å²) < 4.78 is 37.9. The van der Waals surface area contributed by atoms with E-state index in [2.05, 4.69) is 160 Å². The van der Waals surface area contributed by atoms with Crippen molar-refractivity contribution < 1.29 is 11.9 Å². The van der Waals surface area contributed by atoms with E-state index >= 15 is 0 Å². The molecule has 7 nitrogen and oxygen atoms in total. The Kier molecular flexibility index (Phi) is 7.66. The Morgan fingerprint density at radius 3 is 2.13 bits per heavy atom. The molecular weight excluding hydrogens is 767 g/mol. The molecule has 2 aliphatic heterocycles. The Hall–Kier alpha value is -7.55. The summed E-state index contributed by atoms with van der Waals surface area (Å²) in [5, 5.41) is 4.45. The number of oxazole rings is 1. The number of rotatable bonds is 9. The van der Waals surface area contributed by atoms with E-state index in [1.165, 1.54) is 12.7 Å². The van der Waals surface area contributed by atoms with Crippen molar-refractivity contribution in [3.63, 3.8) is 0 Å². The van der Waals surface area contributed by atoms with Crippen LogP contribution in [0.15, 0.2) is 210 Å². The molecule has 0 spiro atoms. The lowest BCUT2D eigenvalue weighted by Crippen LogP contribution is -2.75. The molecule has 3 aromatic heterocycles. The van der Waals surface area contributed by atoms with Crippen molar-refractivity contribution in [1.82, 2.24) is 18.9 Å². The maximum atomic E-state index is 10.3. The largest absolute Gasteiger partial charge is 0.457 e. The maximum Gasteiger partial charge on any atom is 0.220 e. The second-order valence-electron chi connectivity index (χ2n) is 15.7. The first-order chi connectivity index (χ1) is 31.0. The number of allylic oxidation sites excluding steroid dienone is 2. The first-order valence-corrected chi connectivity index (χ1v) is 22.6. The minimum atomic E-state index is -3.41. The van der Waals surface area contributed by atoms with Crippen LogP contribution in [0, 0.1) is 0 Å². The molecule has 0 amide bonds. The number of para-hydroxylation sites is 6.